The van der Waals surface area contributed by atoms with Gasteiger partial charge in [0.1, 0.15) is 0 Å². The van der Waals surface area contributed by atoms with E-state index >= 15 is 0 Å². The highest BCUT2D eigenvalue weighted by Crippen LogP contribution is 2.44. The normalized spacial score (nSPS) is 27.3. The molecule has 2 aliphatic carbocycles. The second-order valence-corrected chi connectivity index (χ2v) is 5.83. The molecule has 2 N–H and O–H groups in total. The van der Waals surface area contributed by atoms with E-state index in [1.54, 1.807) is 6.07 Å². The fourth-order valence-corrected chi connectivity index (χ4v) is 3.59. The standard InChI is InChI=1S/C15H18N2O3/c1-9-5-10-7-15(6-9,17-14(19)20-2)8-12-11(10)3-4-13(18)16-12/h3-5,10H,6-8H2,1-2H3,(H,16,18)(H,17,19). The van der Waals surface area contributed by atoms with Gasteiger partial charge in [-0.3, -0.25) is 4.79 Å². The molecule has 1 aromatic rings. The van der Waals surface area contributed by atoms with Crippen LogP contribution in [0.3, 0.4) is 0 Å². The van der Waals surface area contributed by atoms with Gasteiger partial charge < -0.3 is 15.0 Å². The molecule has 20 heavy (non-hydrogen) atoms. The van der Waals surface area contributed by atoms with Crippen molar-refractivity contribution in [1.29, 1.82) is 0 Å². The van der Waals surface area contributed by atoms with Crippen molar-refractivity contribution >= 4 is 6.09 Å². The van der Waals surface area contributed by atoms with E-state index in [1.165, 1.54) is 12.7 Å². The lowest BCUT2D eigenvalue weighted by Crippen LogP contribution is -2.54. The average Bonchev–Trinajstić information content (AvgIpc) is 2.36. The number of hydrogen-bond donors (Lipinski definition) is 2. The van der Waals surface area contributed by atoms with Gasteiger partial charge in [0.2, 0.25) is 5.56 Å². The van der Waals surface area contributed by atoms with Crippen LogP contribution in [-0.4, -0.2) is 23.7 Å². The zero-order chi connectivity index (χ0) is 14.3. The molecule has 0 spiro atoms. The van der Waals surface area contributed by atoms with E-state index in [-0.39, 0.29) is 17.0 Å². The number of aromatic amines is 1. The second kappa shape index (κ2) is 4.51. The van der Waals surface area contributed by atoms with Crippen molar-refractivity contribution in [1.82, 2.24) is 10.3 Å². The summed E-state index contributed by atoms with van der Waals surface area (Å²) in [6, 6.07) is 3.47. The Bertz CT molecular complexity index is 647. The number of ether oxygens (including phenoxy) is 1. The molecule has 106 valence electrons. The van der Waals surface area contributed by atoms with E-state index in [1.807, 2.05) is 6.07 Å². The van der Waals surface area contributed by atoms with Gasteiger partial charge in [-0.25, -0.2) is 4.79 Å². The monoisotopic (exact) mass is 274 g/mol. The summed E-state index contributed by atoms with van der Waals surface area (Å²) in [5.74, 6) is 0.238. The smallest absolute Gasteiger partial charge is 0.407 e. The van der Waals surface area contributed by atoms with Crippen molar-refractivity contribution in [2.24, 2.45) is 0 Å². The van der Waals surface area contributed by atoms with Crippen LogP contribution in [-0.2, 0) is 11.2 Å². The van der Waals surface area contributed by atoms with Crippen LogP contribution in [0.4, 0.5) is 4.79 Å². The number of H-pyrrole nitrogens is 1. The van der Waals surface area contributed by atoms with Crippen LogP contribution in [0.5, 0.6) is 0 Å². The topological polar surface area (TPSA) is 71.2 Å². The first-order valence-corrected chi connectivity index (χ1v) is 6.77. The van der Waals surface area contributed by atoms with E-state index in [0.29, 0.717) is 6.42 Å². The quantitative estimate of drug-likeness (QED) is 0.768. The van der Waals surface area contributed by atoms with Crippen molar-refractivity contribution in [2.45, 2.75) is 37.6 Å². The number of amides is 1. The zero-order valence-electron chi connectivity index (χ0n) is 11.7. The van der Waals surface area contributed by atoms with E-state index in [0.717, 1.165) is 24.1 Å². The summed E-state index contributed by atoms with van der Waals surface area (Å²) in [6.45, 7) is 2.08. The number of nitrogens with one attached hydrogen (secondary N) is 2. The number of carbonyl (C=O) groups excluding carboxylic acids is 1. The minimum Gasteiger partial charge on any atom is -0.453 e. The molecule has 1 aromatic heterocycles. The van der Waals surface area contributed by atoms with Crippen LogP contribution in [0.1, 0.15) is 36.9 Å². The van der Waals surface area contributed by atoms with Gasteiger partial charge in [0.05, 0.1) is 12.6 Å². The van der Waals surface area contributed by atoms with Crippen molar-refractivity contribution in [3.63, 3.8) is 0 Å². The Hall–Kier alpha value is -2.04. The molecule has 5 heteroatoms. The molecule has 0 aliphatic heterocycles. The maximum Gasteiger partial charge on any atom is 0.407 e. The van der Waals surface area contributed by atoms with Gasteiger partial charge in [0.15, 0.2) is 0 Å². The Balaban J connectivity index is 2.05. The summed E-state index contributed by atoms with van der Waals surface area (Å²) in [5, 5.41) is 2.98. The van der Waals surface area contributed by atoms with E-state index in [4.69, 9.17) is 4.74 Å². The third kappa shape index (κ3) is 2.13. The minimum absolute atomic E-state index is 0.0994. The molecule has 2 unspecified atom stereocenters. The van der Waals surface area contributed by atoms with Crippen LogP contribution >= 0.6 is 0 Å². The molecule has 0 aromatic carbocycles. The summed E-state index contributed by atoms with van der Waals surface area (Å²) < 4.78 is 4.74. The number of fused-ring (bicyclic) bond motifs is 4. The van der Waals surface area contributed by atoms with Crippen molar-refractivity contribution in [2.75, 3.05) is 7.11 Å². The van der Waals surface area contributed by atoms with Crippen molar-refractivity contribution < 1.29 is 9.53 Å². The number of pyridine rings is 1. The Morgan fingerprint density at radius 2 is 2.25 bits per heavy atom. The average molecular weight is 274 g/mol. The highest BCUT2D eigenvalue weighted by Gasteiger charge is 2.43. The number of hydrogen-bond acceptors (Lipinski definition) is 3. The Labute approximate surface area is 117 Å². The van der Waals surface area contributed by atoms with Gasteiger partial charge in [-0.05, 0) is 25.3 Å². The fourth-order valence-electron chi connectivity index (χ4n) is 3.59. The maximum absolute atomic E-state index is 11.6. The summed E-state index contributed by atoms with van der Waals surface area (Å²) in [5.41, 5.74) is 2.89. The van der Waals surface area contributed by atoms with Gasteiger partial charge in [-0.2, -0.15) is 0 Å². The van der Waals surface area contributed by atoms with Gasteiger partial charge in [0.25, 0.3) is 0 Å². The summed E-state index contributed by atoms with van der Waals surface area (Å²) >= 11 is 0. The van der Waals surface area contributed by atoms with Gasteiger partial charge >= 0.3 is 6.09 Å². The van der Waals surface area contributed by atoms with Crippen LogP contribution < -0.4 is 10.9 Å². The van der Waals surface area contributed by atoms with Gasteiger partial charge in [-0.15, -0.1) is 0 Å². The molecule has 1 heterocycles. The summed E-state index contributed by atoms with van der Waals surface area (Å²) in [7, 11) is 1.37. The molecule has 3 rings (SSSR count). The first-order chi connectivity index (χ1) is 9.51. The Morgan fingerprint density at radius 1 is 1.45 bits per heavy atom. The highest BCUT2D eigenvalue weighted by atomic mass is 16.5. The van der Waals surface area contributed by atoms with Crippen LogP contribution in [0, 0.1) is 0 Å². The molecule has 0 radical (unpaired) electrons. The largest absolute Gasteiger partial charge is 0.453 e. The predicted molar refractivity (Wildman–Crippen MR) is 74.8 cm³/mol. The first-order valence-electron chi connectivity index (χ1n) is 6.77. The Morgan fingerprint density at radius 3 is 3.00 bits per heavy atom. The zero-order valence-corrected chi connectivity index (χ0v) is 11.7. The number of alkyl carbamates (subject to hydrolysis) is 1. The minimum atomic E-state index is -0.417. The SMILES string of the molecule is COC(=O)NC12CC(C)=CC(C1)c1ccc(=O)[nH]c1C2. The summed E-state index contributed by atoms with van der Waals surface area (Å²) in [4.78, 5) is 26.1. The molecule has 0 saturated carbocycles. The molecular formula is C15H18N2O3. The lowest BCUT2D eigenvalue weighted by molar-refractivity contribution is 0.147. The third-order valence-electron chi connectivity index (χ3n) is 4.22. The Kier molecular flexibility index (Phi) is 2.92. The van der Waals surface area contributed by atoms with E-state index < -0.39 is 6.09 Å². The maximum atomic E-state index is 11.6. The first kappa shape index (κ1) is 13.0. The highest BCUT2D eigenvalue weighted by molar-refractivity contribution is 5.68. The molecule has 0 saturated heterocycles. The summed E-state index contributed by atoms with van der Waals surface area (Å²) in [6.07, 6.45) is 4.08. The lowest BCUT2D eigenvalue weighted by Gasteiger charge is -2.44. The molecule has 2 bridgehead atoms. The van der Waals surface area contributed by atoms with Gasteiger partial charge in [0, 0.05) is 24.1 Å². The van der Waals surface area contributed by atoms with Crippen LogP contribution in [0.25, 0.3) is 0 Å². The number of aromatic nitrogens is 1. The van der Waals surface area contributed by atoms with E-state index in [2.05, 4.69) is 23.3 Å². The lowest BCUT2D eigenvalue weighted by atomic mass is 9.67. The third-order valence-corrected chi connectivity index (χ3v) is 4.22. The molecule has 2 atom stereocenters. The number of rotatable bonds is 1. The van der Waals surface area contributed by atoms with Crippen LogP contribution in [0.15, 0.2) is 28.6 Å². The van der Waals surface area contributed by atoms with Gasteiger partial charge in [-0.1, -0.05) is 17.7 Å². The number of methoxy groups -OCH3 is 1. The number of allylic oxidation sites excluding steroid dienone is 1. The fraction of sp³-hybridized carbons (Fsp3) is 0.467. The van der Waals surface area contributed by atoms with Crippen molar-refractivity contribution in [3.05, 3.63) is 45.4 Å². The molecule has 5 nitrogen and oxygen atoms in total. The second-order valence-electron chi connectivity index (χ2n) is 5.83. The molecule has 2 aliphatic rings. The predicted octanol–water partition coefficient (Wildman–Crippen LogP) is 1.85. The molecule has 0 fully saturated rings. The van der Waals surface area contributed by atoms with Crippen LogP contribution in [0.2, 0.25) is 0 Å². The molecular weight excluding hydrogens is 256 g/mol. The van der Waals surface area contributed by atoms with E-state index in [9.17, 15) is 9.59 Å². The van der Waals surface area contributed by atoms with Crippen molar-refractivity contribution in [3.8, 4) is 0 Å². The molecule has 1 amide bonds. The number of carbonyl (C=O) groups is 1.